The van der Waals surface area contributed by atoms with Crippen LogP contribution in [0.4, 0.5) is 0 Å². The third kappa shape index (κ3) is 3.78. The van der Waals surface area contributed by atoms with Crippen molar-refractivity contribution in [2.75, 3.05) is 20.4 Å². The number of Topliss-reactive ketones (excluding diaryl/α,β-unsaturated/α-hetero) is 1. The van der Waals surface area contributed by atoms with E-state index in [0.717, 1.165) is 41.2 Å². The Balaban J connectivity index is 1.36. The van der Waals surface area contributed by atoms with Gasteiger partial charge in [-0.3, -0.25) is 14.7 Å². The summed E-state index contributed by atoms with van der Waals surface area (Å²) in [6.45, 7) is 1.95. The zero-order valence-corrected chi connectivity index (χ0v) is 17.2. The molecule has 31 heavy (non-hydrogen) atoms. The molecule has 2 aromatic carbocycles. The van der Waals surface area contributed by atoms with Gasteiger partial charge in [0.1, 0.15) is 24.0 Å². The molecule has 0 saturated carbocycles. The molecule has 0 saturated heterocycles. The number of allylic oxidation sites excluding steroid dienone is 1. The van der Waals surface area contributed by atoms with Crippen LogP contribution < -0.4 is 14.2 Å². The van der Waals surface area contributed by atoms with Crippen molar-refractivity contribution in [3.63, 3.8) is 0 Å². The van der Waals surface area contributed by atoms with Crippen molar-refractivity contribution in [2.24, 2.45) is 0 Å². The van der Waals surface area contributed by atoms with Gasteiger partial charge in [-0.25, -0.2) is 0 Å². The summed E-state index contributed by atoms with van der Waals surface area (Å²) < 4.78 is 17.5. The van der Waals surface area contributed by atoms with Gasteiger partial charge in [0, 0.05) is 25.5 Å². The van der Waals surface area contributed by atoms with Gasteiger partial charge in [0.2, 0.25) is 5.78 Å². The normalized spacial score (nSPS) is 16.4. The molecule has 0 spiro atoms. The van der Waals surface area contributed by atoms with Gasteiger partial charge in [0.15, 0.2) is 5.76 Å². The van der Waals surface area contributed by atoms with Crippen LogP contribution in [0.15, 0.2) is 66.7 Å². The Morgan fingerprint density at radius 2 is 1.97 bits per heavy atom. The van der Waals surface area contributed by atoms with Gasteiger partial charge in [0.05, 0.1) is 18.2 Å². The zero-order valence-electron chi connectivity index (χ0n) is 17.2. The Kier molecular flexibility index (Phi) is 5.14. The van der Waals surface area contributed by atoms with E-state index in [1.807, 2.05) is 36.4 Å². The maximum atomic E-state index is 12.9. The number of ketones is 1. The first-order valence-electron chi connectivity index (χ1n) is 10.2. The molecule has 2 aliphatic rings. The van der Waals surface area contributed by atoms with E-state index >= 15 is 0 Å². The molecule has 2 aliphatic heterocycles. The molecule has 3 aromatic rings. The number of carbonyl (C=O) groups is 1. The lowest BCUT2D eigenvalue weighted by Gasteiger charge is -2.29. The average molecular weight is 414 g/mol. The Hall–Kier alpha value is -3.64. The second-order valence-electron chi connectivity index (χ2n) is 7.53. The van der Waals surface area contributed by atoms with Crippen LogP contribution in [-0.2, 0) is 13.0 Å². The number of ether oxygens (including phenoxy) is 3. The van der Waals surface area contributed by atoms with Crippen LogP contribution in [-0.4, -0.2) is 36.1 Å². The van der Waals surface area contributed by atoms with E-state index < -0.39 is 0 Å². The van der Waals surface area contributed by atoms with Gasteiger partial charge in [-0.2, -0.15) is 0 Å². The van der Waals surface area contributed by atoms with E-state index in [-0.39, 0.29) is 5.78 Å². The molecule has 0 N–H and O–H groups in total. The molecule has 3 heterocycles. The van der Waals surface area contributed by atoms with Crippen LogP contribution in [0, 0.1) is 0 Å². The third-order valence-corrected chi connectivity index (χ3v) is 5.58. The lowest BCUT2D eigenvalue weighted by molar-refractivity contribution is 0.0948. The fraction of sp³-hybridized carbons (Fsp3) is 0.200. The summed E-state index contributed by atoms with van der Waals surface area (Å²) in [6, 6.07) is 15.4. The molecular weight excluding hydrogens is 392 g/mol. The zero-order chi connectivity index (χ0) is 21.2. The molecule has 1 aromatic heterocycles. The molecule has 6 nitrogen and oxygen atoms in total. The Morgan fingerprint density at radius 3 is 2.81 bits per heavy atom. The number of nitrogens with zero attached hydrogens (tertiary/aromatic N) is 2. The minimum Gasteiger partial charge on any atom is -0.496 e. The van der Waals surface area contributed by atoms with Crippen LogP contribution in [0.1, 0.15) is 27.0 Å². The summed E-state index contributed by atoms with van der Waals surface area (Å²) in [5, 5.41) is 0. The van der Waals surface area contributed by atoms with Crippen molar-refractivity contribution in [3.8, 4) is 17.2 Å². The fourth-order valence-electron chi connectivity index (χ4n) is 3.95. The second-order valence-corrected chi connectivity index (χ2v) is 7.53. The molecule has 6 heteroatoms. The van der Waals surface area contributed by atoms with E-state index in [4.69, 9.17) is 14.2 Å². The highest BCUT2D eigenvalue weighted by molar-refractivity contribution is 6.15. The Labute approximate surface area is 180 Å². The summed E-state index contributed by atoms with van der Waals surface area (Å²) in [5.74, 6) is 2.47. The largest absolute Gasteiger partial charge is 0.496 e. The number of hydrogen-bond acceptors (Lipinski definition) is 6. The van der Waals surface area contributed by atoms with E-state index in [0.29, 0.717) is 30.3 Å². The summed E-state index contributed by atoms with van der Waals surface area (Å²) >= 11 is 0. The maximum Gasteiger partial charge on any atom is 0.231 e. The first-order chi connectivity index (χ1) is 15.2. The number of para-hydroxylation sites is 1. The van der Waals surface area contributed by atoms with Gasteiger partial charge in [0.25, 0.3) is 0 Å². The number of pyridine rings is 1. The van der Waals surface area contributed by atoms with Crippen LogP contribution >= 0.6 is 0 Å². The highest BCUT2D eigenvalue weighted by Crippen LogP contribution is 2.42. The first kappa shape index (κ1) is 19.3. The number of fused-ring (bicyclic) bond motifs is 3. The monoisotopic (exact) mass is 414 g/mol. The van der Waals surface area contributed by atoms with Gasteiger partial charge < -0.3 is 14.2 Å². The van der Waals surface area contributed by atoms with E-state index in [9.17, 15) is 4.79 Å². The van der Waals surface area contributed by atoms with Crippen LogP contribution in [0.5, 0.6) is 17.2 Å². The summed E-state index contributed by atoms with van der Waals surface area (Å²) in [5.41, 5.74) is 3.52. The molecule has 0 atom stereocenters. The van der Waals surface area contributed by atoms with Crippen molar-refractivity contribution in [1.29, 1.82) is 0 Å². The van der Waals surface area contributed by atoms with Gasteiger partial charge in [-0.15, -0.1) is 0 Å². The fourth-order valence-corrected chi connectivity index (χ4v) is 3.95. The molecule has 0 aliphatic carbocycles. The van der Waals surface area contributed by atoms with Crippen LogP contribution in [0.2, 0.25) is 0 Å². The number of hydrogen-bond donors (Lipinski definition) is 0. The summed E-state index contributed by atoms with van der Waals surface area (Å²) in [7, 11) is 1.69. The lowest BCUT2D eigenvalue weighted by Crippen LogP contribution is -2.33. The number of methoxy groups -OCH3 is 1. The SMILES string of the molecule is COc1ccccc1CCN1COc2ccc3c(c2C1)O/C(=C\c1ccncc1)C3=O. The van der Waals surface area contributed by atoms with E-state index in [1.165, 1.54) is 0 Å². The molecule has 5 rings (SSSR count). The standard InChI is InChI=1S/C25H22N2O4/c1-29-21-5-3-2-4-18(21)10-13-27-15-20-22(30-16-27)7-6-19-24(28)23(31-25(19)20)14-17-8-11-26-12-9-17/h2-9,11-12,14H,10,13,15-16H2,1H3/b23-14-. The predicted octanol–water partition coefficient (Wildman–Crippen LogP) is 4.10. The highest BCUT2D eigenvalue weighted by atomic mass is 16.5. The molecule has 156 valence electrons. The molecule has 0 unspecified atom stereocenters. The molecule has 0 bridgehead atoms. The minimum absolute atomic E-state index is 0.110. The van der Waals surface area contributed by atoms with Gasteiger partial charge in [-0.1, -0.05) is 18.2 Å². The quantitative estimate of drug-likeness (QED) is 0.586. The second kappa shape index (κ2) is 8.24. The Bertz CT molecular complexity index is 1160. The highest BCUT2D eigenvalue weighted by Gasteiger charge is 2.33. The molecule has 0 fully saturated rings. The average Bonchev–Trinajstić information content (AvgIpc) is 3.14. The number of rotatable bonds is 5. The number of aromatic nitrogens is 1. The number of carbonyl (C=O) groups excluding carboxylic acids is 1. The van der Waals surface area contributed by atoms with Crippen molar-refractivity contribution in [3.05, 3.63) is 88.9 Å². The van der Waals surface area contributed by atoms with Crippen LogP contribution in [0.3, 0.4) is 0 Å². The minimum atomic E-state index is -0.110. The van der Waals surface area contributed by atoms with Crippen molar-refractivity contribution < 1.29 is 19.0 Å². The van der Waals surface area contributed by atoms with E-state index in [1.54, 1.807) is 31.6 Å². The summed E-state index contributed by atoms with van der Waals surface area (Å²) in [4.78, 5) is 19.1. The van der Waals surface area contributed by atoms with Crippen molar-refractivity contribution in [2.45, 2.75) is 13.0 Å². The third-order valence-electron chi connectivity index (χ3n) is 5.58. The Morgan fingerprint density at radius 1 is 1.13 bits per heavy atom. The topological polar surface area (TPSA) is 60.9 Å². The lowest BCUT2D eigenvalue weighted by atomic mass is 10.0. The van der Waals surface area contributed by atoms with E-state index in [2.05, 4.69) is 16.0 Å². The molecule has 0 amide bonds. The van der Waals surface area contributed by atoms with Crippen molar-refractivity contribution >= 4 is 11.9 Å². The maximum absolute atomic E-state index is 12.9. The summed E-state index contributed by atoms with van der Waals surface area (Å²) in [6.07, 6.45) is 5.97. The van der Waals surface area contributed by atoms with Gasteiger partial charge in [-0.05, 0) is 54.0 Å². The predicted molar refractivity (Wildman–Crippen MR) is 116 cm³/mol. The first-order valence-corrected chi connectivity index (χ1v) is 10.2. The smallest absolute Gasteiger partial charge is 0.231 e. The molecular formula is C25H22N2O4. The number of benzene rings is 2. The van der Waals surface area contributed by atoms with Crippen LogP contribution in [0.25, 0.3) is 6.08 Å². The van der Waals surface area contributed by atoms with Gasteiger partial charge >= 0.3 is 0 Å². The van der Waals surface area contributed by atoms with Crippen molar-refractivity contribution in [1.82, 2.24) is 9.88 Å². The molecule has 0 radical (unpaired) electrons.